The van der Waals surface area contributed by atoms with Crippen LogP contribution in [0.3, 0.4) is 0 Å². The molecule has 1 heterocycles. The molecule has 0 aliphatic heterocycles. The number of hydrogen-bond donors (Lipinski definition) is 4. The molecule has 1 saturated carbocycles. The van der Waals surface area contributed by atoms with Gasteiger partial charge >= 0.3 is 0 Å². The van der Waals surface area contributed by atoms with Crippen LogP contribution in [0, 0.1) is 5.92 Å². The number of anilines is 1. The molecule has 0 spiro atoms. The maximum atomic E-state index is 14.3. The first-order valence-electron chi connectivity index (χ1n) is 9.02. The molecule has 7 heteroatoms. The van der Waals surface area contributed by atoms with E-state index in [1.807, 2.05) is 0 Å². The zero-order valence-corrected chi connectivity index (χ0v) is 15.9. The number of carbonyl (C=O) groups excluding carboxylic acids is 1. The van der Waals surface area contributed by atoms with Gasteiger partial charge in [-0.1, -0.05) is 0 Å². The van der Waals surface area contributed by atoms with Gasteiger partial charge in [-0.05, 0) is 58.9 Å². The van der Waals surface area contributed by atoms with Crippen molar-refractivity contribution in [1.29, 1.82) is 0 Å². The maximum absolute atomic E-state index is 14.3. The smallest absolute Gasteiger partial charge is 0.252 e. The van der Waals surface area contributed by atoms with E-state index in [-0.39, 0.29) is 29.6 Å². The summed E-state index contributed by atoms with van der Waals surface area (Å²) in [6, 6.07) is 1.74. The second-order valence-electron chi connectivity index (χ2n) is 8.37. The van der Waals surface area contributed by atoms with E-state index in [0.29, 0.717) is 5.69 Å². The van der Waals surface area contributed by atoms with Crippen molar-refractivity contribution in [2.45, 2.75) is 76.8 Å². The quantitative estimate of drug-likeness (QED) is 0.591. The number of halogens is 1. The summed E-state index contributed by atoms with van der Waals surface area (Å²) >= 11 is 0. The van der Waals surface area contributed by atoms with E-state index in [4.69, 9.17) is 5.73 Å². The first-order valence-corrected chi connectivity index (χ1v) is 9.02. The van der Waals surface area contributed by atoms with E-state index in [0.717, 1.165) is 19.3 Å². The lowest BCUT2D eigenvalue weighted by atomic mass is 9.89. The molecule has 6 nitrogen and oxygen atoms in total. The Labute approximate surface area is 154 Å². The van der Waals surface area contributed by atoms with Crippen LogP contribution in [0.1, 0.15) is 63.0 Å². The highest BCUT2D eigenvalue weighted by Gasteiger charge is 2.35. The average molecular weight is 367 g/mol. The Morgan fingerprint density at radius 3 is 2.54 bits per heavy atom. The first-order chi connectivity index (χ1) is 11.9. The van der Waals surface area contributed by atoms with Gasteiger partial charge in [0, 0.05) is 18.7 Å². The van der Waals surface area contributed by atoms with E-state index >= 15 is 0 Å². The van der Waals surface area contributed by atoms with Gasteiger partial charge in [-0.2, -0.15) is 0 Å². The zero-order chi connectivity index (χ0) is 19.7. The summed E-state index contributed by atoms with van der Waals surface area (Å²) in [5.74, 6) is -0.515. The van der Waals surface area contributed by atoms with Gasteiger partial charge in [0.05, 0.1) is 28.1 Å². The van der Waals surface area contributed by atoms with Crippen LogP contribution < -0.4 is 11.1 Å². The summed E-state index contributed by atoms with van der Waals surface area (Å²) in [5.41, 5.74) is 4.15. The number of pyridine rings is 1. The molecular formula is C19H30FN3O3. The predicted octanol–water partition coefficient (Wildman–Crippen LogP) is 2.18. The number of nitrogens with zero attached hydrogens (tertiary/aromatic N) is 1. The minimum atomic E-state index is -1.57. The molecule has 26 heavy (non-hydrogen) atoms. The number of rotatable bonds is 7. The largest absolute Gasteiger partial charge is 0.390 e. The van der Waals surface area contributed by atoms with Gasteiger partial charge in [-0.3, -0.25) is 9.78 Å². The Kier molecular flexibility index (Phi) is 5.92. The second-order valence-corrected chi connectivity index (χ2v) is 8.37. The Morgan fingerprint density at radius 1 is 1.38 bits per heavy atom. The standard InChI is InChI=1S/C19H30FN3O3/c1-18(2,25)11-5-6-12(9-11)23-13-7-8-22-14(16(13)17(21)24)10-15(20)19(3,4)26/h7-8,11-12,15,25-26H,5-6,9-10H2,1-4H3,(H2,21,24)(H,22,23)/t11-,12-,15?/m0/s1. The number of carbonyl (C=O) groups is 1. The van der Waals surface area contributed by atoms with Crippen LogP contribution in [0.5, 0.6) is 0 Å². The molecule has 1 aliphatic rings. The Bertz CT molecular complexity index is 652. The third-order valence-corrected chi connectivity index (χ3v) is 5.21. The SMILES string of the molecule is CC(C)(O)C(F)Cc1nccc(N[C@H]2CC[C@H](C(C)(C)O)C2)c1C(N)=O. The van der Waals surface area contributed by atoms with Crippen molar-refractivity contribution in [3.8, 4) is 0 Å². The van der Waals surface area contributed by atoms with Crippen LogP contribution in [-0.2, 0) is 6.42 Å². The lowest BCUT2D eigenvalue weighted by molar-refractivity contribution is -0.00307. The number of aliphatic hydroxyl groups is 2. The molecule has 2 rings (SSSR count). The lowest BCUT2D eigenvalue weighted by Gasteiger charge is -2.26. The van der Waals surface area contributed by atoms with Crippen molar-refractivity contribution in [2.75, 3.05) is 5.32 Å². The summed E-state index contributed by atoms with van der Waals surface area (Å²) in [5, 5.41) is 23.3. The van der Waals surface area contributed by atoms with Crippen LogP contribution in [0.15, 0.2) is 12.3 Å². The zero-order valence-electron chi connectivity index (χ0n) is 15.9. The summed E-state index contributed by atoms with van der Waals surface area (Å²) < 4.78 is 14.3. The molecule has 5 N–H and O–H groups in total. The molecule has 0 bridgehead atoms. The number of amides is 1. The minimum absolute atomic E-state index is 0.0928. The van der Waals surface area contributed by atoms with Gasteiger partial charge in [0.15, 0.2) is 0 Å². The van der Waals surface area contributed by atoms with Gasteiger partial charge in [0.2, 0.25) is 0 Å². The Balaban J connectivity index is 2.22. The van der Waals surface area contributed by atoms with Crippen molar-refractivity contribution in [2.24, 2.45) is 11.7 Å². The average Bonchev–Trinajstić information content (AvgIpc) is 2.94. The van der Waals surface area contributed by atoms with Crippen molar-refractivity contribution in [3.05, 3.63) is 23.5 Å². The van der Waals surface area contributed by atoms with Crippen LogP contribution in [-0.4, -0.2) is 44.5 Å². The van der Waals surface area contributed by atoms with E-state index in [1.165, 1.54) is 20.0 Å². The molecule has 1 amide bonds. The Morgan fingerprint density at radius 2 is 2.04 bits per heavy atom. The topological polar surface area (TPSA) is 108 Å². The maximum Gasteiger partial charge on any atom is 0.252 e. The van der Waals surface area contributed by atoms with Gasteiger partial charge in [0.25, 0.3) is 5.91 Å². The van der Waals surface area contributed by atoms with Gasteiger partial charge < -0.3 is 21.3 Å². The number of hydrogen-bond acceptors (Lipinski definition) is 5. The van der Waals surface area contributed by atoms with E-state index in [9.17, 15) is 19.4 Å². The number of alkyl halides is 1. The second kappa shape index (κ2) is 7.48. The molecular weight excluding hydrogens is 337 g/mol. The monoisotopic (exact) mass is 367 g/mol. The van der Waals surface area contributed by atoms with Crippen molar-refractivity contribution in [1.82, 2.24) is 4.98 Å². The van der Waals surface area contributed by atoms with Crippen molar-refractivity contribution >= 4 is 11.6 Å². The summed E-state index contributed by atoms with van der Waals surface area (Å²) in [6.45, 7) is 6.35. The first kappa shape index (κ1) is 20.6. The molecule has 1 aliphatic carbocycles. The third-order valence-electron chi connectivity index (χ3n) is 5.21. The van der Waals surface area contributed by atoms with Gasteiger partial charge in [-0.25, -0.2) is 4.39 Å². The summed E-state index contributed by atoms with van der Waals surface area (Å²) in [4.78, 5) is 16.1. The molecule has 0 radical (unpaired) electrons. The summed E-state index contributed by atoms with van der Waals surface area (Å²) in [6.07, 6.45) is 2.25. The van der Waals surface area contributed by atoms with Crippen LogP contribution in [0.4, 0.5) is 10.1 Å². The molecule has 3 atom stereocenters. The molecule has 0 saturated heterocycles. The molecule has 0 aromatic carbocycles. The number of nitrogens with one attached hydrogen (secondary N) is 1. The Hall–Kier alpha value is -1.73. The van der Waals surface area contributed by atoms with Gasteiger partial charge in [0.1, 0.15) is 6.17 Å². The third kappa shape index (κ3) is 4.92. The fourth-order valence-electron chi connectivity index (χ4n) is 3.45. The van der Waals surface area contributed by atoms with Crippen molar-refractivity contribution < 1.29 is 19.4 Å². The number of nitrogens with two attached hydrogens (primary N) is 1. The van der Waals surface area contributed by atoms with Crippen molar-refractivity contribution in [3.63, 3.8) is 0 Å². The number of aromatic nitrogens is 1. The molecule has 1 aromatic heterocycles. The fraction of sp³-hybridized carbons (Fsp3) is 0.684. The minimum Gasteiger partial charge on any atom is -0.390 e. The lowest BCUT2D eigenvalue weighted by Crippen LogP contribution is -2.35. The van der Waals surface area contributed by atoms with Crippen LogP contribution in [0.25, 0.3) is 0 Å². The predicted molar refractivity (Wildman–Crippen MR) is 98.7 cm³/mol. The highest BCUT2D eigenvalue weighted by atomic mass is 19.1. The van der Waals surface area contributed by atoms with E-state index < -0.39 is 23.3 Å². The highest BCUT2D eigenvalue weighted by molar-refractivity contribution is 5.99. The van der Waals surface area contributed by atoms with Gasteiger partial charge in [-0.15, -0.1) is 0 Å². The van der Waals surface area contributed by atoms with Crippen LogP contribution >= 0.6 is 0 Å². The molecule has 1 aromatic rings. The number of primary amides is 1. The normalized spacial score (nSPS) is 22.3. The highest BCUT2D eigenvalue weighted by Crippen LogP contribution is 2.36. The van der Waals surface area contributed by atoms with E-state index in [2.05, 4.69) is 10.3 Å². The molecule has 146 valence electrons. The van der Waals surface area contributed by atoms with E-state index in [1.54, 1.807) is 19.9 Å². The van der Waals surface area contributed by atoms with Crippen LogP contribution in [0.2, 0.25) is 0 Å². The molecule has 1 unspecified atom stereocenters. The summed E-state index contributed by atoms with van der Waals surface area (Å²) in [7, 11) is 0. The fourth-order valence-corrected chi connectivity index (χ4v) is 3.45. The molecule has 1 fully saturated rings.